The molecule has 7 heteroatoms. The lowest BCUT2D eigenvalue weighted by atomic mass is 10.1. The molecule has 0 unspecified atom stereocenters. The van der Waals surface area contributed by atoms with Crippen molar-refractivity contribution >= 4 is 23.2 Å². The molecule has 1 aliphatic rings. The molecule has 1 aromatic heterocycles. The van der Waals surface area contributed by atoms with Gasteiger partial charge < -0.3 is 9.88 Å². The van der Waals surface area contributed by atoms with E-state index in [1.807, 2.05) is 18.2 Å². The van der Waals surface area contributed by atoms with Gasteiger partial charge in [-0.25, -0.2) is 0 Å². The predicted molar refractivity (Wildman–Crippen MR) is 107 cm³/mol. The van der Waals surface area contributed by atoms with E-state index in [-0.39, 0.29) is 5.91 Å². The Bertz CT molecular complexity index is 1080. The minimum Gasteiger partial charge on any atom is -0.321 e. The van der Waals surface area contributed by atoms with Gasteiger partial charge in [0.25, 0.3) is 5.91 Å². The van der Waals surface area contributed by atoms with Crippen LogP contribution < -0.4 is 5.32 Å². The number of nitrogens with zero attached hydrogens (tertiary/aromatic N) is 4. The molecular formula is C21H18ClN5O. The van der Waals surface area contributed by atoms with Crippen molar-refractivity contribution in [3.8, 4) is 17.5 Å². The Morgan fingerprint density at radius 3 is 2.89 bits per heavy atom. The Hall–Kier alpha value is -3.17. The molecule has 28 heavy (non-hydrogen) atoms. The summed E-state index contributed by atoms with van der Waals surface area (Å²) in [5.41, 5.74) is 2.18. The predicted octanol–water partition coefficient (Wildman–Crippen LogP) is 4.45. The van der Waals surface area contributed by atoms with Crippen LogP contribution in [0.2, 0.25) is 5.02 Å². The molecule has 4 rings (SSSR count). The van der Waals surface area contributed by atoms with Crippen molar-refractivity contribution in [2.24, 2.45) is 0 Å². The van der Waals surface area contributed by atoms with E-state index in [1.165, 1.54) is 6.42 Å². The van der Waals surface area contributed by atoms with Crippen LogP contribution in [0.1, 0.15) is 41.0 Å². The molecule has 0 aliphatic carbocycles. The molecule has 0 saturated heterocycles. The molecule has 2 heterocycles. The lowest BCUT2D eigenvalue weighted by Crippen LogP contribution is -2.12. The largest absolute Gasteiger partial charge is 0.321 e. The van der Waals surface area contributed by atoms with Gasteiger partial charge in [-0.1, -0.05) is 24.1 Å². The number of benzene rings is 2. The molecule has 1 N–H and O–H groups in total. The van der Waals surface area contributed by atoms with Gasteiger partial charge in [0, 0.05) is 24.1 Å². The SMILES string of the molecule is N#Cc1cccc(C(=O)Nc2cc(-c3nnc4n3CCCCC4)ccc2Cl)c1. The summed E-state index contributed by atoms with van der Waals surface area (Å²) in [6.07, 6.45) is 4.35. The van der Waals surface area contributed by atoms with E-state index in [9.17, 15) is 4.79 Å². The number of anilines is 1. The summed E-state index contributed by atoms with van der Waals surface area (Å²) >= 11 is 6.31. The van der Waals surface area contributed by atoms with Gasteiger partial charge in [-0.05, 0) is 49.2 Å². The minimum absolute atomic E-state index is 0.323. The van der Waals surface area contributed by atoms with Crippen LogP contribution in [0.5, 0.6) is 0 Å². The van der Waals surface area contributed by atoms with Crippen molar-refractivity contribution in [3.05, 3.63) is 64.4 Å². The molecule has 0 bridgehead atoms. The summed E-state index contributed by atoms with van der Waals surface area (Å²) in [6.45, 7) is 0.892. The summed E-state index contributed by atoms with van der Waals surface area (Å²) in [4.78, 5) is 12.6. The second kappa shape index (κ2) is 7.83. The van der Waals surface area contributed by atoms with Crippen LogP contribution >= 0.6 is 11.6 Å². The average molecular weight is 392 g/mol. The summed E-state index contributed by atoms with van der Waals surface area (Å²) in [5, 5.41) is 21.0. The standard InChI is InChI=1S/C21H18ClN5O/c22-17-9-8-15(20-26-25-19-7-2-1-3-10-27(19)20)12-18(17)24-21(28)16-6-4-5-14(11-16)13-23/h4-6,8-9,11-12H,1-3,7,10H2,(H,24,28). The fourth-order valence-corrected chi connectivity index (χ4v) is 3.55. The van der Waals surface area contributed by atoms with E-state index < -0.39 is 0 Å². The zero-order valence-electron chi connectivity index (χ0n) is 15.2. The third-order valence-electron chi connectivity index (χ3n) is 4.84. The molecule has 2 aromatic carbocycles. The maximum absolute atomic E-state index is 12.6. The van der Waals surface area contributed by atoms with Gasteiger partial charge in [0.05, 0.1) is 22.3 Å². The van der Waals surface area contributed by atoms with Gasteiger partial charge in [0.1, 0.15) is 5.82 Å². The normalized spacial score (nSPS) is 13.3. The Labute approximate surface area is 167 Å². The molecule has 3 aromatic rings. The number of nitrogens with one attached hydrogen (secondary N) is 1. The fraction of sp³-hybridized carbons (Fsp3) is 0.238. The van der Waals surface area contributed by atoms with Crippen LogP contribution in [-0.4, -0.2) is 20.7 Å². The van der Waals surface area contributed by atoms with Crippen molar-refractivity contribution < 1.29 is 4.79 Å². The molecule has 1 aliphatic heterocycles. The number of fused-ring (bicyclic) bond motifs is 1. The van der Waals surface area contributed by atoms with Crippen molar-refractivity contribution in [3.63, 3.8) is 0 Å². The van der Waals surface area contributed by atoms with Crippen LogP contribution in [0.15, 0.2) is 42.5 Å². The van der Waals surface area contributed by atoms with Crippen LogP contribution in [0.3, 0.4) is 0 Å². The van der Waals surface area contributed by atoms with Gasteiger partial charge >= 0.3 is 0 Å². The number of aryl methyl sites for hydroxylation is 1. The summed E-state index contributed by atoms with van der Waals surface area (Å²) < 4.78 is 2.15. The van der Waals surface area contributed by atoms with Crippen molar-refractivity contribution in [1.29, 1.82) is 5.26 Å². The third kappa shape index (κ3) is 3.62. The molecule has 0 fully saturated rings. The number of halogens is 1. The minimum atomic E-state index is -0.323. The lowest BCUT2D eigenvalue weighted by Gasteiger charge is -2.11. The monoisotopic (exact) mass is 391 g/mol. The molecule has 0 atom stereocenters. The Kier molecular flexibility index (Phi) is 5.09. The van der Waals surface area contributed by atoms with Crippen molar-refractivity contribution in [2.45, 2.75) is 32.2 Å². The smallest absolute Gasteiger partial charge is 0.255 e. The number of hydrogen-bond acceptors (Lipinski definition) is 4. The van der Waals surface area contributed by atoms with E-state index in [0.717, 1.165) is 43.0 Å². The van der Waals surface area contributed by atoms with E-state index in [0.29, 0.717) is 21.8 Å². The van der Waals surface area contributed by atoms with Gasteiger partial charge in [0.15, 0.2) is 5.82 Å². The zero-order chi connectivity index (χ0) is 19.5. The maximum Gasteiger partial charge on any atom is 0.255 e. The van der Waals surface area contributed by atoms with Gasteiger partial charge in [-0.3, -0.25) is 4.79 Å². The van der Waals surface area contributed by atoms with E-state index in [2.05, 4.69) is 20.1 Å². The third-order valence-corrected chi connectivity index (χ3v) is 5.17. The van der Waals surface area contributed by atoms with Crippen LogP contribution in [-0.2, 0) is 13.0 Å². The fourth-order valence-electron chi connectivity index (χ4n) is 3.38. The van der Waals surface area contributed by atoms with Gasteiger partial charge in [-0.15, -0.1) is 10.2 Å². The average Bonchev–Trinajstić information content (AvgIpc) is 2.97. The highest BCUT2D eigenvalue weighted by Gasteiger charge is 2.17. The molecule has 140 valence electrons. The highest BCUT2D eigenvalue weighted by atomic mass is 35.5. The number of carbonyl (C=O) groups is 1. The van der Waals surface area contributed by atoms with Crippen LogP contribution in [0, 0.1) is 11.3 Å². The highest BCUT2D eigenvalue weighted by Crippen LogP contribution is 2.30. The molecule has 1 amide bonds. The van der Waals surface area contributed by atoms with Crippen LogP contribution in [0.4, 0.5) is 5.69 Å². The Morgan fingerprint density at radius 1 is 1.14 bits per heavy atom. The van der Waals surface area contributed by atoms with E-state index in [4.69, 9.17) is 16.9 Å². The van der Waals surface area contributed by atoms with Gasteiger partial charge in [0.2, 0.25) is 0 Å². The maximum atomic E-state index is 12.6. The Balaban J connectivity index is 1.64. The number of aromatic nitrogens is 3. The molecule has 0 spiro atoms. The lowest BCUT2D eigenvalue weighted by molar-refractivity contribution is 0.102. The first kappa shape index (κ1) is 18.2. The summed E-state index contributed by atoms with van der Waals surface area (Å²) in [5.74, 6) is 1.47. The second-order valence-corrected chi connectivity index (χ2v) is 7.15. The second-order valence-electron chi connectivity index (χ2n) is 6.74. The highest BCUT2D eigenvalue weighted by molar-refractivity contribution is 6.34. The number of hydrogen-bond donors (Lipinski definition) is 1. The quantitative estimate of drug-likeness (QED) is 0.714. The van der Waals surface area contributed by atoms with Crippen LogP contribution in [0.25, 0.3) is 11.4 Å². The number of nitriles is 1. The van der Waals surface area contributed by atoms with Gasteiger partial charge in [-0.2, -0.15) is 5.26 Å². The summed E-state index contributed by atoms with van der Waals surface area (Å²) in [6, 6.07) is 14.0. The first-order valence-corrected chi connectivity index (χ1v) is 9.57. The number of amides is 1. The first-order chi connectivity index (χ1) is 13.7. The molecule has 0 saturated carbocycles. The Morgan fingerprint density at radius 2 is 2.04 bits per heavy atom. The van der Waals surface area contributed by atoms with Crippen molar-refractivity contribution in [1.82, 2.24) is 14.8 Å². The molecule has 0 radical (unpaired) electrons. The number of carbonyl (C=O) groups excluding carboxylic acids is 1. The molecule has 6 nitrogen and oxygen atoms in total. The first-order valence-electron chi connectivity index (χ1n) is 9.19. The van der Waals surface area contributed by atoms with E-state index in [1.54, 1.807) is 30.3 Å². The number of rotatable bonds is 3. The topological polar surface area (TPSA) is 83.6 Å². The zero-order valence-corrected chi connectivity index (χ0v) is 15.9. The van der Waals surface area contributed by atoms with E-state index >= 15 is 0 Å². The molecular weight excluding hydrogens is 374 g/mol. The summed E-state index contributed by atoms with van der Waals surface area (Å²) in [7, 11) is 0. The van der Waals surface area contributed by atoms with Crippen molar-refractivity contribution in [2.75, 3.05) is 5.32 Å².